The second kappa shape index (κ2) is 5.14. The van der Waals surface area contributed by atoms with E-state index in [2.05, 4.69) is 11.9 Å². The minimum Gasteiger partial charge on any atom is -0.405 e. The Bertz CT molecular complexity index is 299. The zero-order chi connectivity index (χ0) is 9.52. The van der Waals surface area contributed by atoms with E-state index in [1.54, 1.807) is 6.20 Å². The van der Waals surface area contributed by atoms with Crippen LogP contribution in [0.25, 0.3) is 0 Å². The summed E-state index contributed by atoms with van der Waals surface area (Å²) >= 11 is 0. The molecule has 1 rings (SSSR count). The van der Waals surface area contributed by atoms with Crippen LogP contribution in [0.3, 0.4) is 0 Å². The summed E-state index contributed by atoms with van der Waals surface area (Å²) in [6.45, 7) is 2.06. The molecule has 13 heavy (non-hydrogen) atoms. The second-order valence-corrected chi connectivity index (χ2v) is 2.90. The van der Waals surface area contributed by atoms with Gasteiger partial charge in [0.2, 0.25) is 0 Å². The van der Waals surface area contributed by atoms with E-state index in [1.165, 1.54) is 11.8 Å². The molecule has 0 saturated carbocycles. The molecule has 2 nitrogen and oxygen atoms in total. The van der Waals surface area contributed by atoms with Crippen molar-refractivity contribution in [1.82, 2.24) is 4.98 Å². The molecule has 0 spiro atoms. The fourth-order valence-corrected chi connectivity index (χ4v) is 1.07. The van der Waals surface area contributed by atoms with Gasteiger partial charge in [-0.15, -0.1) is 0 Å². The van der Waals surface area contributed by atoms with Crippen LogP contribution in [-0.4, -0.2) is 4.98 Å². The molecule has 0 aliphatic heterocycles. The molecular weight excluding hydrogens is 160 g/mol. The first kappa shape index (κ1) is 9.52. The summed E-state index contributed by atoms with van der Waals surface area (Å²) in [5.74, 6) is 0. The van der Waals surface area contributed by atoms with Crippen molar-refractivity contribution in [3.8, 4) is 0 Å². The highest BCUT2D eigenvalue weighted by Gasteiger charge is 1.92. The smallest absolute Gasteiger partial charge is 0.0444 e. The van der Waals surface area contributed by atoms with Gasteiger partial charge in [0, 0.05) is 18.3 Å². The molecule has 0 bridgehead atoms. The van der Waals surface area contributed by atoms with Crippen molar-refractivity contribution in [3.05, 3.63) is 54.0 Å². The van der Waals surface area contributed by atoms with Crippen LogP contribution in [0.2, 0.25) is 0 Å². The van der Waals surface area contributed by atoms with E-state index in [9.17, 15) is 0 Å². The van der Waals surface area contributed by atoms with Crippen molar-refractivity contribution in [2.45, 2.75) is 13.3 Å². The molecule has 0 fully saturated rings. The van der Waals surface area contributed by atoms with E-state index in [-0.39, 0.29) is 0 Å². The van der Waals surface area contributed by atoms with Crippen molar-refractivity contribution in [2.24, 2.45) is 5.73 Å². The highest BCUT2D eigenvalue weighted by Crippen LogP contribution is 2.03. The number of pyridine rings is 1. The Balaban J connectivity index is 2.60. The van der Waals surface area contributed by atoms with E-state index < -0.39 is 0 Å². The fourth-order valence-electron chi connectivity index (χ4n) is 1.07. The van der Waals surface area contributed by atoms with Crippen LogP contribution in [0.15, 0.2) is 48.3 Å². The molecule has 2 heteroatoms. The molecule has 0 aliphatic carbocycles. The third-order valence-electron chi connectivity index (χ3n) is 1.68. The Morgan fingerprint density at radius 2 is 2.38 bits per heavy atom. The van der Waals surface area contributed by atoms with Crippen molar-refractivity contribution in [3.63, 3.8) is 0 Å². The maximum Gasteiger partial charge on any atom is 0.0444 e. The van der Waals surface area contributed by atoms with E-state index >= 15 is 0 Å². The molecule has 1 heterocycles. The first-order valence-electron chi connectivity index (χ1n) is 4.27. The molecule has 1 aromatic heterocycles. The maximum absolute atomic E-state index is 5.23. The molecular formula is C11H14N2. The monoisotopic (exact) mass is 174 g/mol. The molecule has 0 amide bonds. The minimum atomic E-state index is 0.880. The maximum atomic E-state index is 5.23. The van der Waals surface area contributed by atoms with Crippen molar-refractivity contribution in [2.75, 3.05) is 0 Å². The van der Waals surface area contributed by atoms with Crippen LogP contribution in [0.4, 0.5) is 0 Å². The lowest BCUT2D eigenvalue weighted by Gasteiger charge is -1.98. The average molecular weight is 174 g/mol. The van der Waals surface area contributed by atoms with Gasteiger partial charge in [-0.05, 0) is 31.3 Å². The number of allylic oxidation sites excluding steroid dienone is 3. The fraction of sp³-hybridized carbons (Fsp3) is 0.182. The number of hydrogen-bond acceptors (Lipinski definition) is 2. The molecule has 0 unspecified atom stereocenters. The number of rotatable bonds is 3. The minimum absolute atomic E-state index is 0.880. The van der Waals surface area contributed by atoms with Gasteiger partial charge in [0.05, 0.1) is 0 Å². The zero-order valence-electron chi connectivity index (χ0n) is 7.77. The summed E-state index contributed by atoms with van der Waals surface area (Å²) in [6.07, 6.45) is 8.04. The van der Waals surface area contributed by atoms with Gasteiger partial charge in [-0.1, -0.05) is 17.7 Å². The lowest BCUT2D eigenvalue weighted by Crippen LogP contribution is -1.89. The van der Waals surface area contributed by atoms with Gasteiger partial charge in [-0.3, -0.25) is 4.98 Å². The molecule has 68 valence electrons. The molecule has 0 aliphatic rings. The van der Waals surface area contributed by atoms with E-state index in [4.69, 9.17) is 5.73 Å². The van der Waals surface area contributed by atoms with Gasteiger partial charge in [-0.2, -0.15) is 0 Å². The summed E-state index contributed by atoms with van der Waals surface area (Å²) < 4.78 is 0. The summed E-state index contributed by atoms with van der Waals surface area (Å²) in [5, 5.41) is 0. The standard InChI is InChI=1S/C11H14N2/c1-10(5-4-7-12)9-11-6-2-3-8-13-11/h2-8H,9,12H2,1H3/b7-4-,10-5-. The van der Waals surface area contributed by atoms with Crippen LogP contribution in [-0.2, 0) is 6.42 Å². The first-order valence-corrected chi connectivity index (χ1v) is 4.27. The van der Waals surface area contributed by atoms with Gasteiger partial charge in [0.15, 0.2) is 0 Å². The van der Waals surface area contributed by atoms with Gasteiger partial charge in [-0.25, -0.2) is 0 Å². The van der Waals surface area contributed by atoms with Crippen LogP contribution < -0.4 is 5.73 Å². The first-order chi connectivity index (χ1) is 6.33. The van der Waals surface area contributed by atoms with Crippen molar-refractivity contribution in [1.29, 1.82) is 0 Å². The molecule has 2 N–H and O–H groups in total. The Morgan fingerprint density at radius 1 is 1.54 bits per heavy atom. The third-order valence-corrected chi connectivity index (χ3v) is 1.68. The van der Waals surface area contributed by atoms with Crippen LogP contribution in [0.1, 0.15) is 12.6 Å². The highest BCUT2D eigenvalue weighted by molar-refractivity contribution is 5.17. The van der Waals surface area contributed by atoms with E-state index in [0.29, 0.717) is 0 Å². The van der Waals surface area contributed by atoms with Gasteiger partial charge in [0.1, 0.15) is 0 Å². The molecule has 0 saturated heterocycles. The SMILES string of the molecule is C/C(=C/C=C\N)Cc1ccccn1. The second-order valence-electron chi connectivity index (χ2n) is 2.90. The largest absolute Gasteiger partial charge is 0.405 e. The van der Waals surface area contributed by atoms with Gasteiger partial charge < -0.3 is 5.73 Å². The Kier molecular flexibility index (Phi) is 3.76. The molecule has 0 atom stereocenters. The molecule has 0 aromatic carbocycles. The highest BCUT2D eigenvalue weighted by atomic mass is 14.7. The number of hydrogen-bond donors (Lipinski definition) is 1. The van der Waals surface area contributed by atoms with Crippen molar-refractivity contribution < 1.29 is 0 Å². The number of nitrogens with two attached hydrogens (primary N) is 1. The van der Waals surface area contributed by atoms with Gasteiger partial charge >= 0.3 is 0 Å². The summed E-state index contributed by atoms with van der Waals surface area (Å²) in [6, 6.07) is 5.93. The molecule has 1 aromatic rings. The van der Waals surface area contributed by atoms with Crippen LogP contribution in [0, 0.1) is 0 Å². The number of nitrogens with zero attached hydrogens (tertiary/aromatic N) is 1. The van der Waals surface area contributed by atoms with Crippen LogP contribution >= 0.6 is 0 Å². The predicted molar refractivity (Wildman–Crippen MR) is 55.0 cm³/mol. The zero-order valence-corrected chi connectivity index (χ0v) is 7.77. The predicted octanol–water partition coefficient (Wildman–Crippen LogP) is 2.04. The molecule has 0 radical (unpaired) electrons. The Morgan fingerprint density at radius 3 is 3.00 bits per heavy atom. The summed E-state index contributed by atoms with van der Waals surface area (Å²) in [4.78, 5) is 4.23. The normalized spacial score (nSPS) is 12.2. The van der Waals surface area contributed by atoms with Crippen molar-refractivity contribution >= 4 is 0 Å². The average Bonchev–Trinajstić information content (AvgIpc) is 2.16. The van der Waals surface area contributed by atoms with Crippen LogP contribution in [0.5, 0.6) is 0 Å². The van der Waals surface area contributed by atoms with E-state index in [1.807, 2.05) is 30.4 Å². The van der Waals surface area contributed by atoms with E-state index in [0.717, 1.165) is 12.1 Å². The third kappa shape index (κ3) is 3.56. The number of aromatic nitrogens is 1. The lowest BCUT2D eigenvalue weighted by atomic mass is 10.1. The Hall–Kier alpha value is -1.57. The quantitative estimate of drug-likeness (QED) is 0.712. The Labute approximate surface area is 78.8 Å². The topological polar surface area (TPSA) is 38.9 Å². The lowest BCUT2D eigenvalue weighted by molar-refractivity contribution is 1.05. The van der Waals surface area contributed by atoms with Gasteiger partial charge in [0.25, 0.3) is 0 Å². The summed E-state index contributed by atoms with van der Waals surface area (Å²) in [7, 11) is 0. The summed E-state index contributed by atoms with van der Waals surface area (Å²) in [5.41, 5.74) is 7.56.